The smallest absolute Gasteiger partial charge is 0.255 e. The molecule has 0 saturated heterocycles. The van der Waals surface area contributed by atoms with E-state index in [1.165, 1.54) is 0 Å². The highest BCUT2D eigenvalue weighted by Gasteiger charge is 2.12. The summed E-state index contributed by atoms with van der Waals surface area (Å²) >= 11 is 0. The fraction of sp³-hybridized carbons (Fsp3) is 0.0667. The molecule has 0 bridgehead atoms. The van der Waals surface area contributed by atoms with E-state index in [1.54, 1.807) is 36.7 Å². The number of fused-ring (bicyclic) bond motifs is 1. The third-order valence-corrected chi connectivity index (χ3v) is 3.32. The molecule has 2 aromatic heterocycles. The third kappa shape index (κ3) is 2.95. The maximum Gasteiger partial charge on any atom is 0.255 e. The van der Waals surface area contributed by atoms with Crippen LogP contribution in [0.1, 0.15) is 15.9 Å². The largest absolute Gasteiger partial charge is 0.370 e. The molecule has 23 heavy (non-hydrogen) atoms. The Bertz CT molecular complexity index is 909. The van der Waals surface area contributed by atoms with Crippen molar-refractivity contribution < 1.29 is 4.79 Å². The Morgan fingerprint density at radius 2 is 2.13 bits per heavy atom. The summed E-state index contributed by atoms with van der Waals surface area (Å²) in [6.07, 6.45) is 3.22. The number of H-pyrrole nitrogens is 1. The van der Waals surface area contributed by atoms with Gasteiger partial charge in [0.15, 0.2) is 11.6 Å². The number of carbonyl (C=O) groups excluding carboxylic acids is 1. The molecule has 1 aromatic carbocycles. The second-order valence-electron chi connectivity index (χ2n) is 4.98. The molecule has 0 aliphatic rings. The summed E-state index contributed by atoms with van der Waals surface area (Å²) in [5, 5.41) is 10.3. The van der Waals surface area contributed by atoms with E-state index >= 15 is 0 Å². The van der Waals surface area contributed by atoms with Crippen molar-refractivity contribution in [2.75, 3.05) is 5.32 Å². The van der Waals surface area contributed by atoms with E-state index in [0.29, 0.717) is 22.6 Å². The quantitative estimate of drug-likeness (QED) is 0.428. The molecule has 8 heteroatoms. The van der Waals surface area contributed by atoms with E-state index in [-0.39, 0.29) is 11.9 Å². The highest BCUT2D eigenvalue weighted by Crippen LogP contribution is 2.22. The fourth-order valence-corrected chi connectivity index (χ4v) is 2.27. The highest BCUT2D eigenvalue weighted by molar-refractivity contribution is 6.09. The molecule has 6 N–H and O–H groups in total. The van der Waals surface area contributed by atoms with Gasteiger partial charge < -0.3 is 16.8 Å². The molecule has 0 aliphatic heterocycles. The lowest BCUT2D eigenvalue weighted by Crippen LogP contribution is -2.21. The number of rotatable bonds is 3. The summed E-state index contributed by atoms with van der Waals surface area (Å²) in [6, 6.07) is 6.83. The number of carbonyl (C=O) groups is 1. The van der Waals surface area contributed by atoms with Crippen molar-refractivity contribution in [3.8, 4) is 0 Å². The van der Waals surface area contributed by atoms with E-state index in [1.807, 2.05) is 6.92 Å². The monoisotopic (exact) mass is 309 g/mol. The van der Waals surface area contributed by atoms with Gasteiger partial charge in [-0.25, -0.2) is 9.98 Å². The first-order valence-electron chi connectivity index (χ1n) is 6.84. The molecule has 0 spiro atoms. The number of hydrogen-bond acceptors (Lipinski definition) is 4. The number of hydrogen-bond donors (Lipinski definition) is 4. The van der Waals surface area contributed by atoms with Gasteiger partial charge in [0.1, 0.15) is 0 Å². The summed E-state index contributed by atoms with van der Waals surface area (Å²) in [4.78, 5) is 20.6. The van der Waals surface area contributed by atoms with Crippen LogP contribution >= 0.6 is 0 Å². The second kappa shape index (κ2) is 5.76. The number of amides is 1. The number of aryl methyl sites for hydroxylation is 1. The lowest BCUT2D eigenvalue weighted by molar-refractivity contribution is 0.102. The molecule has 0 atom stereocenters. The predicted molar refractivity (Wildman–Crippen MR) is 88.5 cm³/mol. The van der Waals surface area contributed by atoms with Crippen LogP contribution in [0.5, 0.6) is 0 Å². The number of aliphatic imine (C=N–C) groups is 1. The number of pyridine rings is 1. The topological polar surface area (TPSA) is 135 Å². The SMILES string of the molecule is Cc1cc(N=C(N)N)ccc1C(=O)Nc1ccnc2[nH]ncc12. The highest BCUT2D eigenvalue weighted by atomic mass is 16.1. The van der Waals surface area contributed by atoms with Crippen LogP contribution in [0.15, 0.2) is 41.7 Å². The van der Waals surface area contributed by atoms with Gasteiger partial charge in [-0.3, -0.25) is 9.89 Å². The first-order chi connectivity index (χ1) is 11.0. The molecule has 0 aliphatic carbocycles. The summed E-state index contributed by atoms with van der Waals surface area (Å²) in [6.45, 7) is 1.82. The van der Waals surface area contributed by atoms with Crippen LogP contribution in [0.3, 0.4) is 0 Å². The van der Waals surface area contributed by atoms with Crippen molar-refractivity contribution in [2.45, 2.75) is 6.92 Å². The van der Waals surface area contributed by atoms with E-state index < -0.39 is 0 Å². The Balaban J connectivity index is 1.89. The lowest BCUT2D eigenvalue weighted by atomic mass is 10.1. The molecule has 8 nitrogen and oxygen atoms in total. The van der Waals surface area contributed by atoms with Crippen LogP contribution in [0.25, 0.3) is 11.0 Å². The normalized spacial score (nSPS) is 10.5. The van der Waals surface area contributed by atoms with Gasteiger partial charge in [-0.15, -0.1) is 0 Å². The van der Waals surface area contributed by atoms with Crippen LogP contribution in [0.2, 0.25) is 0 Å². The first-order valence-corrected chi connectivity index (χ1v) is 6.84. The van der Waals surface area contributed by atoms with Gasteiger partial charge in [-0.1, -0.05) is 0 Å². The number of anilines is 1. The van der Waals surface area contributed by atoms with Gasteiger partial charge in [0.2, 0.25) is 0 Å². The zero-order chi connectivity index (χ0) is 16.4. The Hall–Kier alpha value is -3.42. The first kappa shape index (κ1) is 14.5. The minimum absolute atomic E-state index is 0.0271. The maximum atomic E-state index is 12.5. The van der Waals surface area contributed by atoms with Crippen LogP contribution < -0.4 is 16.8 Å². The third-order valence-electron chi connectivity index (χ3n) is 3.32. The van der Waals surface area contributed by atoms with E-state index in [4.69, 9.17) is 11.5 Å². The molecule has 1 amide bonds. The molecule has 0 fully saturated rings. The number of aromatic nitrogens is 3. The van der Waals surface area contributed by atoms with Gasteiger partial charge in [0.05, 0.1) is 23.0 Å². The zero-order valence-electron chi connectivity index (χ0n) is 12.4. The van der Waals surface area contributed by atoms with E-state index in [0.717, 1.165) is 10.9 Å². The predicted octanol–water partition coefficient (Wildman–Crippen LogP) is 1.42. The fourth-order valence-electron chi connectivity index (χ4n) is 2.27. The Kier molecular flexibility index (Phi) is 3.63. The average molecular weight is 309 g/mol. The summed E-state index contributed by atoms with van der Waals surface area (Å²) in [7, 11) is 0. The van der Waals surface area contributed by atoms with Crippen molar-refractivity contribution in [1.29, 1.82) is 0 Å². The van der Waals surface area contributed by atoms with Crippen molar-refractivity contribution in [3.63, 3.8) is 0 Å². The van der Waals surface area contributed by atoms with Gasteiger partial charge in [0, 0.05) is 11.8 Å². The summed E-state index contributed by atoms with van der Waals surface area (Å²) in [5.74, 6) is -0.256. The maximum absolute atomic E-state index is 12.5. The van der Waals surface area contributed by atoms with Gasteiger partial charge in [-0.2, -0.15) is 5.10 Å². The number of nitrogens with zero attached hydrogens (tertiary/aromatic N) is 3. The molecular weight excluding hydrogens is 294 g/mol. The van der Waals surface area contributed by atoms with Crippen LogP contribution in [0, 0.1) is 6.92 Å². The van der Waals surface area contributed by atoms with Crippen molar-refractivity contribution in [3.05, 3.63) is 47.8 Å². The summed E-state index contributed by atoms with van der Waals surface area (Å²) < 4.78 is 0. The van der Waals surface area contributed by atoms with Crippen LogP contribution in [0.4, 0.5) is 11.4 Å². The Labute approximate surface area is 131 Å². The lowest BCUT2D eigenvalue weighted by Gasteiger charge is -2.09. The standard InChI is InChI=1S/C15H15N7O/c1-8-6-9(20-15(16)17)2-3-10(8)14(23)21-12-4-5-18-13-11(12)7-19-22-13/h2-7H,1H3,(H4,16,17,20)(H2,18,19,21,22,23). The van der Waals surface area contributed by atoms with Gasteiger partial charge >= 0.3 is 0 Å². The van der Waals surface area contributed by atoms with Crippen molar-refractivity contribution in [2.24, 2.45) is 16.5 Å². The van der Waals surface area contributed by atoms with Gasteiger partial charge in [0.25, 0.3) is 5.91 Å². The molecule has 2 heterocycles. The van der Waals surface area contributed by atoms with Crippen LogP contribution in [-0.2, 0) is 0 Å². The van der Waals surface area contributed by atoms with E-state index in [9.17, 15) is 4.79 Å². The second-order valence-corrected chi connectivity index (χ2v) is 4.98. The molecule has 3 aromatic rings. The van der Waals surface area contributed by atoms with Gasteiger partial charge in [-0.05, 0) is 36.8 Å². The number of benzene rings is 1. The number of nitrogens with two attached hydrogens (primary N) is 2. The molecule has 0 unspecified atom stereocenters. The minimum atomic E-state index is -0.229. The molecule has 116 valence electrons. The molecule has 0 radical (unpaired) electrons. The van der Waals surface area contributed by atoms with Crippen molar-refractivity contribution >= 4 is 34.3 Å². The molecule has 3 rings (SSSR count). The summed E-state index contributed by atoms with van der Waals surface area (Å²) in [5.41, 5.74) is 13.9. The van der Waals surface area contributed by atoms with E-state index in [2.05, 4.69) is 25.5 Å². The minimum Gasteiger partial charge on any atom is -0.370 e. The zero-order valence-corrected chi connectivity index (χ0v) is 12.4. The van der Waals surface area contributed by atoms with Crippen LogP contribution in [-0.4, -0.2) is 27.0 Å². The molecule has 0 saturated carbocycles. The molecular formula is C15H15N7O. The average Bonchev–Trinajstić information content (AvgIpc) is 2.96. The Morgan fingerprint density at radius 3 is 2.87 bits per heavy atom. The number of aromatic amines is 1. The van der Waals surface area contributed by atoms with Crippen molar-refractivity contribution in [1.82, 2.24) is 15.2 Å². The number of guanidine groups is 1. The number of nitrogens with one attached hydrogen (secondary N) is 2. The Morgan fingerprint density at radius 1 is 1.30 bits per heavy atom.